The van der Waals surface area contributed by atoms with Crippen molar-refractivity contribution >= 4 is 5.69 Å². The molecule has 1 unspecified atom stereocenters. The first-order valence-corrected chi connectivity index (χ1v) is 5.63. The van der Waals surface area contributed by atoms with E-state index < -0.39 is 0 Å². The molecule has 0 aliphatic carbocycles. The van der Waals surface area contributed by atoms with Crippen molar-refractivity contribution in [3.63, 3.8) is 0 Å². The van der Waals surface area contributed by atoms with Crippen molar-refractivity contribution < 1.29 is 0 Å². The topological polar surface area (TPSA) is 50.9 Å². The largest absolute Gasteiger partial charge is 0.398 e. The Hall–Kier alpha value is -1.09. The van der Waals surface area contributed by atoms with Gasteiger partial charge in [-0.05, 0) is 43.5 Å². The van der Waals surface area contributed by atoms with Crippen LogP contribution in [0.25, 0.3) is 0 Å². The van der Waals surface area contributed by atoms with Gasteiger partial charge < -0.3 is 11.1 Å². The third kappa shape index (κ3) is 4.30. The molecule has 0 aromatic carbocycles. The van der Waals surface area contributed by atoms with E-state index in [-0.39, 0.29) is 0 Å². The maximum atomic E-state index is 5.86. The highest BCUT2D eigenvalue weighted by atomic mass is 14.8. The molecule has 0 aliphatic heterocycles. The zero-order valence-electron chi connectivity index (χ0n) is 9.66. The van der Waals surface area contributed by atoms with Crippen LogP contribution in [0.4, 0.5) is 5.69 Å². The molecule has 3 N–H and O–H groups in total. The second kappa shape index (κ2) is 6.40. The van der Waals surface area contributed by atoms with E-state index >= 15 is 0 Å². The molecular formula is C12H21N3. The molecule has 1 aromatic heterocycles. The normalized spacial score (nSPS) is 12.7. The minimum absolute atomic E-state index is 0.600. The van der Waals surface area contributed by atoms with Gasteiger partial charge in [-0.2, -0.15) is 0 Å². The number of hydrogen-bond acceptors (Lipinski definition) is 3. The molecule has 1 aromatic rings. The molecule has 1 atom stereocenters. The predicted molar refractivity (Wildman–Crippen MR) is 64.7 cm³/mol. The van der Waals surface area contributed by atoms with Crippen molar-refractivity contribution in [1.29, 1.82) is 0 Å². The van der Waals surface area contributed by atoms with Crippen molar-refractivity contribution in [3.8, 4) is 0 Å². The van der Waals surface area contributed by atoms with Crippen LogP contribution >= 0.6 is 0 Å². The van der Waals surface area contributed by atoms with Crippen molar-refractivity contribution in [2.75, 3.05) is 18.8 Å². The first-order chi connectivity index (χ1) is 7.24. The van der Waals surface area contributed by atoms with Gasteiger partial charge in [0.25, 0.3) is 0 Å². The van der Waals surface area contributed by atoms with E-state index in [4.69, 9.17) is 5.73 Å². The lowest BCUT2D eigenvalue weighted by Crippen LogP contribution is -2.23. The Morgan fingerprint density at radius 3 is 3.00 bits per heavy atom. The Labute approximate surface area is 92.1 Å². The molecule has 3 heteroatoms. The minimum Gasteiger partial charge on any atom is -0.398 e. The summed E-state index contributed by atoms with van der Waals surface area (Å²) in [6.45, 7) is 6.54. The summed E-state index contributed by atoms with van der Waals surface area (Å²) in [5.41, 5.74) is 7.87. The molecule has 15 heavy (non-hydrogen) atoms. The lowest BCUT2D eigenvalue weighted by Gasteiger charge is -2.13. The van der Waals surface area contributed by atoms with Gasteiger partial charge in [0.15, 0.2) is 0 Å². The van der Waals surface area contributed by atoms with Crippen LogP contribution in [0.1, 0.15) is 25.8 Å². The Morgan fingerprint density at radius 2 is 2.33 bits per heavy atom. The Morgan fingerprint density at radius 1 is 1.53 bits per heavy atom. The highest BCUT2D eigenvalue weighted by Crippen LogP contribution is 2.13. The number of nitrogens with zero attached hydrogens (tertiary/aromatic N) is 1. The van der Waals surface area contributed by atoms with Gasteiger partial charge in [-0.1, -0.05) is 13.8 Å². The fourth-order valence-electron chi connectivity index (χ4n) is 1.58. The molecule has 0 saturated carbocycles. The first-order valence-electron chi connectivity index (χ1n) is 5.63. The van der Waals surface area contributed by atoms with Crippen LogP contribution in [0.15, 0.2) is 18.5 Å². The molecular weight excluding hydrogens is 186 g/mol. The van der Waals surface area contributed by atoms with Gasteiger partial charge in [0.05, 0.1) is 0 Å². The molecule has 0 amide bonds. The average molecular weight is 207 g/mol. The lowest BCUT2D eigenvalue weighted by atomic mass is 10.0. The third-order valence-electron chi connectivity index (χ3n) is 2.43. The van der Waals surface area contributed by atoms with Gasteiger partial charge in [0.2, 0.25) is 0 Å². The van der Waals surface area contributed by atoms with Crippen LogP contribution in [-0.2, 0) is 6.42 Å². The molecule has 0 fully saturated rings. The summed E-state index contributed by atoms with van der Waals surface area (Å²) in [4.78, 5) is 4.09. The fourth-order valence-corrected chi connectivity index (χ4v) is 1.58. The van der Waals surface area contributed by atoms with E-state index in [0.29, 0.717) is 5.92 Å². The molecule has 0 spiro atoms. The smallest absolute Gasteiger partial charge is 0.0377 e. The van der Waals surface area contributed by atoms with Crippen molar-refractivity contribution in [1.82, 2.24) is 10.3 Å². The second-order valence-corrected chi connectivity index (χ2v) is 4.09. The molecule has 1 rings (SSSR count). The molecule has 3 nitrogen and oxygen atoms in total. The van der Waals surface area contributed by atoms with E-state index in [0.717, 1.165) is 30.8 Å². The number of nitrogen functional groups attached to an aromatic ring is 1. The van der Waals surface area contributed by atoms with Gasteiger partial charge in [-0.3, -0.25) is 4.98 Å². The van der Waals surface area contributed by atoms with Crippen LogP contribution in [0.2, 0.25) is 0 Å². The standard InChI is InChI=1S/C12H21N3/c1-3-5-14-8-10(2)7-11-9-15-6-4-12(11)13/h4,6,9-10,14H,3,5,7-8H2,1-2H3,(H2,13,15). The summed E-state index contributed by atoms with van der Waals surface area (Å²) in [5, 5.41) is 3.41. The molecule has 0 radical (unpaired) electrons. The molecule has 1 heterocycles. The van der Waals surface area contributed by atoms with Gasteiger partial charge >= 0.3 is 0 Å². The van der Waals surface area contributed by atoms with Crippen LogP contribution in [0.5, 0.6) is 0 Å². The summed E-state index contributed by atoms with van der Waals surface area (Å²) in [5.74, 6) is 0.600. The number of anilines is 1. The number of hydrogen-bond donors (Lipinski definition) is 2. The second-order valence-electron chi connectivity index (χ2n) is 4.09. The van der Waals surface area contributed by atoms with Gasteiger partial charge in [0.1, 0.15) is 0 Å². The van der Waals surface area contributed by atoms with Crippen LogP contribution in [0, 0.1) is 5.92 Å². The molecule has 0 bridgehead atoms. The predicted octanol–water partition coefficient (Wildman–Crippen LogP) is 1.84. The van der Waals surface area contributed by atoms with Gasteiger partial charge in [-0.15, -0.1) is 0 Å². The van der Waals surface area contributed by atoms with Crippen molar-refractivity contribution in [3.05, 3.63) is 24.0 Å². The van der Waals surface area contributed by atoms with Gasteiger partial charge in [0, 0.05) is 18.1 Å². The molecule has 84 valence electrons. The monoisotopic (exact) mass is 207 g/mol. The highest BCUT2D eigenvalue weighted by molar-refractivity contribution is 5.44. The SMILES string of the molecule is CCCNCC(C)Cc1cnccc1N. The summed E-state index contributed by atoms with van der Waals surface area (Å²) in [6.07, 6.45) is 5.78. The lowest BCUT2D eigenvalue weighted by molar-refractivity contribution is 0.511. The number of nitrogens with two attached hydrogens (primary N) is 1. The minimum atomic E-state index is 0.600. The van der Waals surface area contributed by atoms with Crippen LogP contribution in [-0.4, -0.2) is 18.1 Å². The van der Waals surface area contributed by atoms with Gasteiger partial charge in [-0.25, -0.2) is 0 Å². The zero-order chi connectivity index (χ0) is 11.1. The summed E-state index contributed by atoms with van der Waals surface area (Å²) >= 11 is 0. The maximum absolute atomic E-state index is 5.86. The Bertz CT molecular complexity index is 286. The fraction of sp³-hybridized carbons (Fsp3) is 0.583. The number of nitrogens with one attached hydrogen (secondary N) is 1. The number of rotatable bonds is 6. The average Bonchev–Trinajstić information content (AvgIpc) is 2.22. The van der Waals surface area contributed by atoms with E-state index in [2.05, 4.69) is 24.1 Å². The van der Waals surface area contributed by atoms with E-state index in [1.807, 2.05) is 12.3 Å². The highest BCUT2D eigenvalue weighted by Gasteiger charge is 2.05. The number of aromatic nitrogens is 1. The van der Waals surface area contributed by atoms with E-state index in [1.54, 1.807) is 6.20 Å². The Balaban J connectivity index is 2.37. The van der Waals surface area contributed by atoms with E-state index in [9.17, 15) is 0 Å². The summed E-state index contributed by atoms with van der Waals surface area (Å²) < 4.78 is 0. The first kappa shape index (κ1) is 12.0. The summed E-state index contributed by atoms with van der Waals surface area (Å²) in [7, 11) is 0. The number of pyridine rings is 1. The third-order valence-corrected chi connectivity index (χ3v) is 2.43. The van der Waals surface area contributed by atoms with Crippen LogP contribution in [0.3, 0.4) is 0 Å². The summed E-state index contributed by atoms with van der Waals surface area (Å²) in [6, 6.07) is 1.86. The maximum Gasteiger partial charge on any atom is 0.0377 e. The quantitative estimate of drug-likeness (QED) is 0.700. The van der Waals surface area contributed by atoms with Crippen molar-refractivity contribution in [2.24, 2.45) is 5.92 Å². The van der Waals surface area contributed by atoms with Crippen LogP contribution < -0.4 is 11.1 Å². The van der Waals surface area contributed by atoms with E-state index in [1.165, 1.54) is 6.42 Å². The molecule has 0 saturated heterocycles. The van der Waals surface area contributed by atoms with Crippen molar-refractivity contribution in [2.45, 2.75) is 26.7 Å². The zero-order valence-corrected chi connectivity index (χ0v) is 9.66. The molecule has 0 aliphatic rings. The Kier molecular flexibility index (Phi) is 5.12.